The number of ether oxygens (including phenoxy) is 3. The van der Waals surface area contributed by atoms with E-state index in [1.807, 2.05) is 0 Å². The number of hydrogen-bond acceptors (Lipinski definition) is 7. The molecule has 5 atom stereocenters. The van der Waals surface area contributed by atoms with Crippen LogP contribution in [0.4, 0.5) is 0 Å². The predicted molar refractivity (Wildman–Crippen MR) is 68.8 cm³/mol. The second kappa shape index (κ2) is 8.53. The fourth-order valence-corrected chi connectivity index (χ4v) is 2.00. The van der Waals surface area contributed by atoms with Gasteiger partial charge in [-0.25, -0.2) is 0 Å². The summed E-state index contributed by atoms with van der Waals surface area (Å²) in [5.74, 6) is -0.233. The van der Waals surface area contributed by atoms with E-state index < -0.39 is 30.7 Å². The molecule has 0 radical (unpaired) electrons. The lowest BCUT2D eigenvalue weighted by Gasteiger charge is -2.38. The highest BCUT2D eigenvalue weighted by molar-refractivity contribution is 5.68. The van der Waals surface area contributed by atoms with E-state index >= 15 is 0 Å². The van der Waals surface area contributed by atoms with Crippen molar-refractivity contribution in [1.29, 1.82) is 0 Å². The van der Waals surface area contributed by atoms with E-state index in [-0.39, 0.29) is 5.97 Å². The summed E-state index contributed by atoms with van der Waals surface area (Å²) >= 11 is 0. The van der Waals surface area contributed by atoms with Crippen LogP contribution in [-0.4, -0.2) is 65.7 Å². The predicted octanol–water partition coefficient (Wildman–Crippen LogP) is -0.436. The van der Waals surface area contributed by atoms with Crippen LogP contribution in [0, 0.1) is 0 Å². The number of hydrogen-bond donors (Lipinski definition) is 3. The van der Waals surface area contributed by atoms with E-state index in [4.69, 9.17) is 9.47 Å². The molecule has 118 valence electrons. The molecule has 0 bridgehead atoms. The van der Waals surface area contributed by atoms with Crippen molar-refractivity contribution in [3.05, 3.63) is 0 Å². The first-order valence-corrected chi connectivity index (χ1v) is 6.85. The second-order valence-corrected chi connectivity index (χ2v) is 4.94. The van der Waals surface area contributed by atoms with Gasteiger partial charge in [0.25, 0.3) is 0 Å². The summed E-state index contributed by atoms with van der Waals surface area (Å²) in [5.41, 5.74) is 0. The Kier molecular flexibility index (Phi) is 7.39. The standard InChI is InChI=1S/C13H24O7/c1-8-10(15)11(16)12(17)13(20-8)19-7-5-3-4-6-9(14)18-2/h8,10-13,15-17H,3-7H2,1-2H3/t8-,10-,11+,12+,13-/m0/s1. The van der Waals surface area contributed by atoms with Crippen molar-refractivity contribution in [1.82, 2.24) is 0 Å². The van der Waals surface area contributed by atoms with Crippen LogP contribution in [0.3, 0.4) is 0 Å². The van der Waals surface area contributed by atoms with Crippen molar-refractivity contribution < 1.29 is 34.3 Å². The van der Waals surface area contributed by atoms with Crippen LogP contribution in [-0.2, 0) is 19.0 Å². The molecule has 0 aromatic rings. The minimum atomic E-state index is -1.27. The third-order valence-electron chi connectivity index (χ3n) is 3.34. The molecule has 1 rings (SSSR count). The molecule has 7 nitrogen and oxygen atoms in total. The van der Waals surface area contributed by atoms with Gasteiger partial charge in [-0.15, -0.1) is 0 Å². The maximum atomic E-state index is 10.9. The van der Waals surface area contributed by atoms with Crippen molar-refractivity contribution in [3.8, 4) is 0 Å². The molecule has 0 amide bonds. The highest BCUT2D eigenvalue weighted by Crippen LogP contribution is 2.21. The third-order valence-corrected chi connectivity index (χ3v) is 3.34. The van der Waals surface area contributed by atoms with Gasteiger partial charge in [0.15, 0.2) is 6.29 Å². The summed E-state index contributed by atoms with van der Waals surface area (Å²) in [5, 5.41) is 28.8. The Morgan fingerprint density at radius 1 is 1.10 bits per heavy atom. The minimum absolute atomic E-state index is 0.233. The molecule has 0 saturated carbocycles. The molecule has 0 aromatic heterocycles. The van der Waals surface area contributed by atoms with Crippen molar-refractivity contribution in [2.75, 3.05) is 13.7 Å². The van der Waals surface area contributed by atoms with E-state index in [2.05, 4.69) is 4.74 Å². The number of unbranched alkanes of at least 4 members (excludes halogenated alkanes) is 2. The van der Waals surface area contributed by atoms with E-state index in [1.54, 1.807) is 6.92 Å². The van der Waals surface area contributed by atoms with Gasteiger partial charge in [-0.3, -0.25) is 4.79 Å². The molecule has 0 aliphatic carbocycles. The molecule has 1 saturated heterocycles. The van der Waals surface area contributed by atoms with Gasteiger partial charge in [-0.2, -0.15) is 0 Å². The first kappa shape index (κ1) is 17.3. The first-order valence-electron chi connectivity index (χ1n) is 6.85. The third kappa shape index (κ3) is 4.99. The zero-order valence-corrected chi connectivity index (χ0v) is 11.9. The first-order chi connectivity index (χ1) is 9.47. The molecule has 0 aromatic carbocycles. The summed E-state index contributed by atoms with van der Waals surface area (Å²) in [6.07, 6.45) is -2.62. The van der Waals surface area contributed by atoms with Crippen LogP contribution in [0.25, 0.3) is 0 Å². The van der Waals surface area contributed by atoms with E-state index in [1.165, 1.54) is 7.11 Å². The Hall–Kier alpha value is -0.730. The zero-order chi connectivity index (χ0) is 15.1. The van der Waals surface area contributed by atoms with Crippen molar-refractivity contribution in [3.63, 3.8) is 0 Å². The van der Waals surface area contributed by atoms with Gasteiger partial charge in [0.05, 0.1) is 13.2 Å². The lowest BCUT2D eigenvalue weighted by molar-refractivity contribution is -0.293. The summed E-state index contributed by atoms with van der Waals surface area (Å²) in [6.45, 7) is 1.95. The number of methoxy groups -OCH3 is 1. The Bertz CT molecular complexity index is 296. The van der Waals surface area contributed by atoms with Crippen LogP contribution in [0.2, 0.25) is 0 Å². The van der Waals surface area contributed by atoms with Crippen molar-refractivity contribution in [2.45, 2.75) is 63.3 Å². The molecular formula is C13H24O7. The Labute approximate surface area is 118 Å². The molecule has 0 unspecified atom stereocenters. The van der Waals surface area contributed by atoms with Gasteiger partial charge in [0.2, 0.25) is 0 Å². The SMILES string of the molecule is COC(=O)CCCCCO[C@H]1O[C@@H](C)[C@H](O)[C@@H](O)[C@H]1O. The van der Waals surface area contributed by atoms with Gasteiger partial charge >= 0.3 is 5.97 Å². The van der Waals surface area contributed by atoms with Crippen molar-refractivity contribution >= 4 is 5.97 Å². The van der Waals surface area contributed by atoms with Crippen molar-refractivity contribution in [2.24, 2.45) is 0 Å². The average Bonchev–Trinajstić information content (AvgIpc) is 2.45. The summed E-state index contributed by atoms with van der Waals surface area (Å²) in [4.78, 5) is 10.9. The van der Waals surface area contributed by atoms with Gasteiger partial charge in [0, 0.05) is 13.0 Å². The van der Waals surface area contributed by atoms with Gasteiger partial charge < -0.3 is 29.5 Å². The maximum Gasteiger partial charge on any atom is 0.305 e. The fourth-order valence-electron chi connectivity index (χ4n) is 2.00. The average molecular weight is 292 g/mol. The topological polar surface area (TPSA) is 105 Å². The summed E-state index contributed by atoms with van der Waals surface area (Å²) in [7, 11) is 1.36. The highest BCUT2D eigenvalue weighted by Gasteiger charge is 2.42. The van der Waals surface area contributed by atoms with Crippen LogP contribution in [0.5, 0.6) is 0 Å². The molecule has 1 heterocycles. The summed E-state index contributed by atoms with van der Waals surface area (Å²) in [6, 6.07) is 0. The van der Waals surface area contributed by atoms with Gasteiger partial charge in [-0.05, 0) is 19.8 Å². The molecule has 0 spiro atoms. The molecule has 3 N–H and O–H groups in total. The number of carbonyl (C=O) groups is 1. The number of aliphatic hydroxyl groups excluding tert-OH is 3. The minimum Gasteiger partial charge on any atom is -0.469 e. The largest absolute Gasteiger partial charge is 0.469 e. The van der Waals surface area contributed by atoms with Crippen LogP contribution >= 0.6 is 0 Å². The molecule has 7 heteroatoms. The quantitative estimate of drug-likeness (QED) is 0.431. The summed E-state index contributed by atoms with van der Waals surface area (Å²) < 4.78 is 15.2. The number of rotatable bonds is 7. The molecular weight excluding hydrogens is 268 g/mol. The fraction of sp³-hybridized carbons (Fsp3) is 0.923. The van der Waals surface area contributed by atoms with Crippen LogP contribution in [0.15, 0.2) is 0 Å². The normalized spacial score (nSPS) is 34.0. The van der Waals surface area contributed by atoms with Crippen LogP contribution < -0.4 is 0 Å². The second-order valence-electron chi connectivity index (χ2n) is 4.94. The number of aliphatic hydroxyl groups is 3. The monoisotopic (exact) mass is 292 g/mol. The molecule has 1 aliphatic rings. The number of carbonyl (C=O) groups excluding carboxylic acids is 1. The Balaban J connectivity index is 2.17. The number of esters is 1. The lowest BCUT2D eigenvalue weighted by atomic mass is 10.0. The van der Waals surface area contributed by atoms with Crippen LogP contribution in [0.1, 0.15) is 32.6 Å². The molecule has 1 fully saturated rings. The zero-order valence-electron chi connectivity index (χ0n) is 11.9. The highest BCUT2D eigenvalue weighted by atomic mass is 16.7. The van der Waals surface area contributed by atoms with Gasteiger partial charge in [-0.1, -0.05) is 6.42 Å². The Morgan fingerprint density at radius 3 is 2.45 bits per heavy atom. The van der Waals surface area contributed by atoms with E-state index in [0.29, 0.717) is 25.9 Å². The Morgan fingerprint density at radius 2 is 1.80 bits per heavy atom. The molecule has 20 heavy (non-hydrogen) atoms. The van der Waals surface area contributed by atoms with E-state index in [9.17, 15) is 20.1 Å². The smallest absolute Gasteiger partial charge is 0.305 e. The maximum absolute atomic E-state index is 10.9. The van der Waals surface area contributed by atoms with E-state index in [0.717, 1.165) is 6.42 Å². The molecule has 1 aliphatic heterocycles. The lowest BCUT2D eigenvalue weighted by Crippen LogP contribution is -2.57. The van der Waals surface area contributed by atoms with Gasteiger partial charge in [0.1, 0.15) is 18.3 Å².